The fraction of sp³-hybridized carbons (Fsp3) is 0.643. The van der Waals surface area contributed by atoms with Crippen molar-refractivity contribution >= 4 is 0 Å². The van der Waals surface area contributed by atoms with Crippen LogP contribution in [0.1, 0.15) is 49.9 Å². The van der Waals surface area contributed by atoms with Crippen LogP contribution in [0.5, 0.6) is 0 Å². The van der Waals surface area contributed by atoms with Gasteiger partial charge in [-0.2, -0.15) is 5.10 Å². The smallest absolute Gasteiger partial charge is 0.0540 e. The van der Waals surface area contributed by atoms with Crippen molar-refractivity contribution in [2.45, 2.75) is 51.1 Å². The van der Waals surface area contributed by atoms with Gasteiger partial charge in [0.05, 0.1) is 6.20 Å². The summed E-state index contributed by atoms with van der Waals surface area (Å²) in [6.07, 6.45) is 12.9. The van der Waals surface area contributed by atoms with Crippen molar-refractivity contribution in [3.8, 4) is 12.3 Å². The molecule has 1 aliphatic carbocycles. The zero-order chi connectivity index (χ0) is 12.3. The second kappa shape index (κ2) is 5.37. The van der Waals surface area contributed by atoms with Crippen LogP contribution in [0.15, 0.2) is 6.20 Å². The number of terminal acetylenes is 1. The topological polar surface area (TPSA) is 29.9 Å². The predicted octanol–water partition coefficient (Wildman–Crippen LogP) is 2.19. The summed E-state index contributed by atoms with van der Waals surface area (Å²) >= 11 is 0. The molecule has 0 amide bonds. The molecule has 2 rings (SSSR count). The maximum atomic E-state index is 5.40. The molecule has 0 aliphatic heterocycles. The average molecular weight is 231 g/mol. The van der Waals surface area contributed by atoms with Crippen molar-refractivity contribution < 1.29 is 0 Å². The second-order valence-corrected chi connectivity index (χ2v) is 4.80. The highest BCUT2D eigenvalue weighted by Crippen LogP contribution is 2.29. The molecule has 92 valence electrons. The number of aromatic nitrogens is 2. The van der Waals surface area contributed by atoms with E-state index in [0.717, 1.165) is 19.3 Å². The molecule has 3 nitrogen and oxygen atoms in total. The molecule has 0 bridgehead atoms. The van der Waals surface area contributed by atoms with E-state index < -0.39 is 0 Å². The van der Waals surface area contributed by atoms with E-state index in [0.29, 0.717) is 12.1 Å². The molecule has 3 heteroatoms. The molecule has 0 fully saturated rings. The molecule has 0 radical (unpaired) electrons. The average Bonchev–Trinajstić information content (AvgIpc) is 2.72. The van der Waals surface area contributed by atoms with Gasteiger partial charge in [-0.05, 0) is 25.7 Å². The highest BCUT2D eigenvalue weighted by Gasteiger charge is 2.24. The monoisotopic (exact) mass is 231 g/mol. The van der Waals surface area contributed by atoms with Crippen LogP contribution in [-0.2, 0) is 13.5 Å². The number of hydrogen-bond acceptors (Lipinski definition) is 2. The normalized spacial score (nSPS) is 20.6. The second-order valence-electron chi connectivity index (χ2n) is 4.80. The summed E-state index contributed by atoms with van der Waals surface area (Å²) in [6.45, 7) is 2.18. The minimum absolute atomic E-state index is 0.427. The third-order valence-electron chi connectivity index (χ3n) is 3.67. The van der Waals surface area contributed by atoms with E-state index in [1.54, 1.807) is 0 Å². The molecule has 17 heavy (non-hydrogen) atoms. The van der Waals surface area contributed by atoms with Crippen molar-refractivity contribution in [2.24, 2.45) is 7.05 Å². The quantitative estimate of drug-likeness (QED) is 0.805. The zero-order valence-corrected chi connectivity index (χ0v) is 10.7. The maximum absolute atomic E-state index is 5.40. The molecule has 2 atom stereocenters. The number of rotatable bonds is 4. The Hall–Kier alpha value is -1.27. The molecule has 0 aromatic carbocycles. The van der Waals surface area contributed by atoms with Gasteiger partial charge in [0.25, 0.3) is 0 Å². The van der Waals surface area contributed by atoms with Gasteiger partial charge in [0.2, 0.25) is 0 Å². The lowest BCUT2D eigenvalue weighted by Gasteiger charge is -2.27. The van der Waals surface area contributed by atoms with Crippen molar-refractivity contribution in [3.05, 3.63) is 17.5 Å². The van der Waals surface area contributed by atoms with E-state index in [9.17, 15) is 0 Å². The molecule has 1 heterocycles. The van der Waals surface area contributed by atoms with E-state index in [1.807, 2.05) is 17.9 Å². The Bertz CT molecular complexity index is 414. The van der Waals surface area contributed by atoms with Crippen LogP contribution in [0.25, 0.3) is 0 Å². The van der Waals surface area contributed by atoms with Gasteiger partial charge in [0.1, 0.15) is 0 Å². The Morgan fingerprint density at radius 3 is 3.24 bits per heavy atom. The Kier molecular flexibility index (Phi) is 3.86. The standard InChI is InChI=1S/C14H21N3/c1-4-7-11(5-2)16-13-8-6-9-14-12(13)10-15-17(14)3/h1,10-11,13,16H,5-9H2,2-3H3. The van der Waals surface area contributed by atoms with Crippen LogP contribution in [0, 0.1) is 12.3 Å². The Balaban J connectivity index is 2.10. The number of nitrogens with zero attached hydrogens (tertiary/aromatic N) is 2. The van der Waals surface area contributed by atoms with Gasteiger partial charge in [0, 0.05) is 36.8 Å². The lowest BCUT2D eigenvalue weighted by Crippen LogP contribution is -2.34. The van der Waals surface area contributed by atoms with Gasteiger partial charge in [-0.25, -0.2) is 0 Å². The van der Waals surface area contributed by atoms with Crippen LogP contribution < -0.4 is 5.32 Å². The molecule has 1 aromatic heterocycles. The predicted molar refractivity (Wildman–Crippen MR) is 69.6 cm³/mol. The summed E-state index contributed by atoms with van der Waals surface area (Å²) in [6, 6.07) is 0.863. The van der Waals surface area contributed by atoms with Crippen molar-refractivity contribution in [2.75, 3.05) is 0 Å². The van der Waals surface area contributed by atoms with E-state index in [-0.39, 0.29) is 0 Å². The van der Waals surface area contributed by atoms with Gasteiger partial charge < -0.3 is 5.32 Å². The highest BCUT2D eigenvalue weighted by molar-refractivity contribution is 5.24. The number of nitrogens with one attached hydrogen (secondary N) is 1. The summed E-state index contributed by atoms with van der Waals surface area (Å²) in [5.74, 6) is 2.75. The van der Waals surface area contributed by atoms with Crippen LogP contribution in [0.4, 0.5) is 0 Å². The van der Waals surface area contributed by atoms with Crippen LogP contribution in [-0.4, -0.2) is 15.8 Å². The molecule has 2 unspecified atom stereocenters. The van der Waals surface area contributed by atoms with Crippen molar-refractivity contribution in [1.29, 1.82) is 0 Å². The summed E-state index contributed by atoms with van der Waals surface area (Å²) in [5.41, 5.74) is 2.75. The molecular formula is C14H21N3. The van der Waals surface area contributed by atoms with Crippen LogP contribution >= 0.6 is 0 Å². The fourth-order valence-corrected chi connectivity index (χ4v) is 2.63. The molecule has 0 spiro atoms. The SMILES string of the molecule is C#CCC(CC)NC1CCCc2c1cnn2C. The third kappa shape index (κ3) is 2.53. The zero-order valence-electron chi connectivity index (χ0n) is 10.7. The first-order valence-electron chi connectivity index (χ1n) is 6.46. The fourth-order valence-electron chi connectivity index (χ4n) is 2.63. The Morgan fingerprint density at radius 2 is 2.53 bits per heavy atom. The summed E-state index contributed by atoms with van der Waals surface area (Å²) < 4.78 is 2.01. The maximum Gasteiger partial charge on any atom is 0.0540 e. The van der Waals surface area contributed by atoms with Crippen molar-refractivity contribution in [1.82, 2.24) is 15.1 Å². The van der Waals surface area contributed by atoms with Crippen LogP contribution in [0.3, 0.4) is 0 Å². The van der Waals surface area contributed by atoms with E-state index in [4.69, 9.17) is 6.42 Å². The first-order chi connectivity index (χ1) is 8.26. The number of fused-ring (bicyclic) bond motifs is 1. The highest BCUT2D eigenvalue weighted by atomic mass is 15.3. The molecule has 0 saturated carbocycles. The Morgan fingerprint density at radius 1 is 1.71 bits per heavy atom. The first kappa shape index (κ1) is 12.2. The van der Waals surface area contributed by atoms with Gasteiger partial charge in [-0.15, -0.1) is 12.3 Å². The van der Waals surface area contributed by atoms with Gasteiger partial charge in [0.15, 0.2) is 0 Å². The summed E-state index contributed by atoms with van der Waals surface area (Å²) in [4.78, 5) is 0. The van der Waals surface area contributed by atoms with E-state index in [2.05, 4.69) is 23.3 Å². The van der Waals surface area contributed by atoms with Crippen molar-refractivity contribution in [3.63, 3.8) is 0 Å². The molecule has 1 N–H and O–H groups in total. The van der Waals surface area contributed by atoms with Gasteiger partial charge >= 0.3 is 0 Å². The molecule has 0 saturated heterocycles. The summed E-state index contributed by atoms with van der Waals surface area (Å²) in [5, 5.41) is 8.04. The minimum atomic E-state index is 0.427. The first-order valence-corrected chi connectivity index (χ1v) is 6.46. The van der Waals surface area contributed by atoms with Gasteiger partial charge in [-0.1, -0.05) is 6.92 Å². The number of aryl methyl sites for hydroxylation is 1. The van der Waals surface area contributed by atoms with Gasteiger partial charge in [-0.3, -0.25) is 4.68 Å². The molecule has 1 aromatic rings. The van der Waals surface area contributed by atoms with E-state index in [1.165, 1.54) is 24.1 Å². The van der Waals surface area contributed by atoms with E-state index >= 15 is 0 Å². The number of hydrogen-bond donors (Lipinski definition) is 1. The van der Waals surface area contributed by atoms with Crippen LogP contribution in [0.2, 0.25) is 0 Å². The summed E-state index contributed by atoms with van der Waals surface area (Å²) in [7, 11) is 2.03. The minimum Gasteiger partial charge on any atom is -0.306 e. The molecule has 1 aliphatic rings. The Labute approximate surface area is 104 Å². The third-order valence-corrected chi connectivity index (χ3v) is 3.67. The lowest BCUT2D eigenvalue weighted by molar-refractivity contribution is 0.387. The largest absolute Gasteiger partial charge is 0.306 e. The molecular weight excluding hydrogens is 210 g/mol. The lowest BCUT2D eigenvalue weighted by atomic mass is 9.92.